The fourth-order valence-electron chi connectivity index (χ4n) is 1.40. The van der Waals surface area contributed by atoms with Crippen molar-refractivity contribution in [3.8, 4) is 0 Å². The fraction of sp³-hybridized carbons (Fsp3) is 0.125. The Bertz CT molecular complexity index is 489. The van der Waals surface area contributed by atoms with Gasteiger partial charge >= 0.3 is 0 Å². The van der Waals surface area contributed by atoms with Gasteiger partial charge in [-0.1, -0.05) is 76.6 Å². The molecule has 2 aromatic carbocycles. The van der Waals surface area contributed by atoms with Gasteiger partial charge in [-0.05, 0) is 0 Å². The number of ketones is 2. The lowest BCUT2D eigenvalue weighted by molar-refractivity contribution is 0.101. The Morgan fingerprint density at radius 3 is 1.55 bits per heavy atom. The zero-order valence-corrected chi connectivity index (χ0v) is 13.1. The lowest BCUT2D eigenvalue weighted by Crippen LogP contribution is -1.98. The van der Waals surface area contributed by atoms with Crippen molar-refractivity contribution in [1.82, 2.24) is 0 Å². The summed E-state index contributed by atoms with van der Waals surface area (Å²) in [6.07, 6.45) is 0. The van der Waals surface area contributed by atoms with Gasteiger partial charge in [-0.3, -0.25) is 9.59 Å². The smallest absolute Gasteiger partial charge is 0.177 e. The Kier molecular flexibility index (Phi) is 7.85. The number of benzene rings is 2. The SMILES string of the molecule is O=C(CBr)c1ccccc1.O=C(CCl)c1ccccc1. The summed E-state index contributed by atoms with van der Waals surface area (Å²) in [4.78, 5) is 21.8. The minimum absolute atomic E-state index is 0.0257. The predicted octanol–water partition coefficient (Wildman–Crippen LogP) is 4.37. The molecule has 4 heteroatoms. The maximum Gasteiger partial charge on any atom is 0.177 e. The van der Waals surface area contributed by atoms with Gasteiger partial charge in [-0.25, -0.2) is 0 Å². The van der Waals surface area contributed by atoms with Gasteiger partial charge in [0.15, 0.2) is 11.6 Å². The van der Waals surface area contributed by atoms with Crippen LogP contribution in [0.4, 0.5) is 0 Å². The molecule has 20 heavy (non-hydrogen) atoms. The highest BCUT2D eigenvalue weighted by Gasteiger charge is 2.00. The average Bonchev–Trinajstić information content (AvgIpc) is 2.55. The first-order valence-corrected chi connectivity index (χ1v) is 7.63. The number of hydrogen-bond acceptors (Lipinski definition) is 2. The molecule has 0 saturated carbocycles. The van der Waals surface area contributed by atoms with Gasteiger partial charge in [0.25, 0.3) is 0 Å². The lowest BCUT2D eigenvalue weighted by atomic mass is 10.2. The van der Waals surface area contributed by atoms with Gasteiger partial charge in [0, 0.05) is 11.1 Å². The summed E-state index contributed by atoms with van der Waals surface area (Å²) in [6, 6.07) is 18.2. The summed E-state index contributed by atoms with van der Waals surface area (Å²) in [5.74, 6) is 0.159. The minimum Gasteiger partial charge on any atom is -0.293 e. The Hall–Kier alpha value is -1.45. The van der Waals surface area contributed by atoms with Gasteiger partial charge in [0.1, 0.15) is 0 Å². The highest BCUT2D eigenvalue weighted by atomic mass is 79.9. The first kappa shape index (κ1) is 16.6. The van der Waals surface area contributed by atoms with Crippen molar-refractivity contribution in [3.05, 3.63) is 71.8 Å². The molecule has 0 aromatic heterocycles. The Balaban J connectivity index is 0.000000200. The van der Waals surface area contributed by atoms with E-state index in [2.05, 4.69) is 15.9 Å². The van der Waals surface area contributed by atoms with E-state index in [0.717, 1.165) is 5.56 Å². The summed E-state index contributed by atoms with van der Waals surface area (Å²) >= 11 is 8.44. The zero-order chi connectivity index (χ0) is 14.8. The summed E-state index contributed by atoms with van der Waals surface area (Å²) < 4.78 is 0. The molecule has 0 heterocycles. The molecule has 0 saturated heterocycles. The van der Waals surface area contributed by atoms with E-state index in [1.165, 1.54) is 0 Å². The van der Waals surface area contributed by atoms with E-state index in [1.807, 2.05) is 48.5 Å². The van der Waals surface area contributed by atoms with Crippen LogP contribution in [0, 0.1) is 0 Å². The molecule has 0 N–H and O–H groups in total. The first-order valence-electron chi connectivity index (χ1n) is 5.97. The molecule has 0 radical (unpaired) electrons. The monoisotopic (exact) mass is 352 g/mol. The molecule has 2 nitrogen and oxygen atoms in total. The molecule has 0 amide bonds. The largest absolute Gasteiger partial charge is 0.293 e. The van der Waals surface area contributed by atoms with Crippen LogP contribution in [0.1, 0.15) is 20.7 Å². The van der Waals surface area contributed by atoms with Crippen molar-refractivity contribution in [1.29, 1.82) is 0 Å². The topological polar surface area (TPSA) is 34.1 Å². The Morgan fingerprint density at radius 2 is 1.20 bits per heavy atom. The molecule has 2 rings (SSSR count). The molecule has 2 aromatic rings. The Morgan fingerprint density at radius 1 is 0.800 bits per heavy atom. The van der Waals surface area contributed by atoms with Crippen LogP contribution >= 0.6 is 27.5 Å². The summed E-state index contributed by atoms with van der Waals surface area (Å²) in [5, 5.41) is 0.400. The molecule has 0 bridgehead atoms. The molecule has 104 valence electrons. The molecular formula is C16H14BrClO2. The van der Waals surface area contributed by atoms with Crippen molar-refractivity contribution >= 4 is 39.1 Å². The minimum atomic E-state index is -0.0257. The van der Waals surface area contributed by atoms with Gasteiger partial charge in [0.05, 0.1) is 11.2 Å². The van der Waals surface area contributed by atoms with Crippen LogP contribution in [0.2, 0.25) is 0 Å². The third kappa shape index (κ3) is 5.68. The van der Waals surface area contributed by atoms with Crippen molar-refractivity contribution in [2.24, 2.45) is 0 Å². The second-order valence-corrected chi connectivity index (χ2v) is 4.67. The van der Waals surface area contributed by atoms with Crippen LogP contribution in [0.3, 0.4) is 0 Å². The second kappa shape index (κ2) is 9.45. The van der Waals surface area contributed by atoms with Crippen LogP contribution in [0.15, 0.2) is 60.7 Å². The number of halogens is 2. The number of hydrogen-bond donors (Lipinski definition) is 0. The normalized spacial score (nSPS) is 9.30. The number of Topliss-reactive ketones (excluding diaryl/α,β-unsaturated/α-hetero) is 2. The quantitative estimate of drug-likeness (QED) is 0.604. The van der Waals surface area contributed by atoms with Gasteiger partial charge < -0.3 is 0 Å². The van der Waals surface area contributed by atoms with Crippen molar-refractivity contribution in [2.75, 3.05) is 11.2 Å². The van der Waals surface area contributed by atoms with Crippen LogP contribution in [-0.4, -0.2) is 22.8 Å². The van der Waals surface area contributed by atoms with E-state index in [-0.39, 0.29) is 17.4 Å². The van der Waals surface area contributed by atoms with E-state index in [9.17, 15) is 9.59 Å². The van der Waals surface area contributed by atoms with E-state index < -0.39 is 0 Å². The second-order valence-electron chi connectivity index (χ2n) is 3.85. The van der Waals surface area contributed by atoms with Gasteiger partial charge in [-0.2, -0.15) is 0 Å². The highest BCUT2D eigenvalue weighted by molar-refractivity contribution is 9.09. The molecule has 0 fully saturated rings. The molecule has 0 aliphatic rings. The van der Waals surface area contributed by atoms with Crippen LogP contribution in [0.5, 0.6) is 0 Å². The van der Waals surface area contributed by atoms with Crippen molar-refractivity contribution in [2.45, 2.75) is 0 Å². The lowest BCUT2D eigenvalue weighted by Gasteiger charge is -1.92. The van der Waals surface area contributed by atoms with E-state index >= 15 is 0 Å². The van der Waals surface area contributed by atoms with Gasteiger partial charge in [0.2, 0.25) is 0 Å². The van der Waals surface area contributed by atoms with Crippen molar-refractivity contribution in [3.63, 3.8) is 0 Å². The summed E-state index contributed by atoms with van der Waals surface area (Å²) in [7, 11) is 0. The van der Waals surface area contributed by atoms with Crippen LogP contribution in [0.25, 0.3) is 0 Å². The molecule has 0 atom stereocenters. The van der Waals surface area contributed by atoms with E-state index in [1.54, 1.807) is 12.1 Å². The standard InChI is InChI=1S/C8H7BrO.C8H7ClO/c2*9-6-8(10)7-4-2-1-3-5-7/h2*1-5H,6H2. The summed E-state index contributed by atoms with van der Waals surface area (Å²) in [6.45, 7) is 0. The van der Waals surface area contributed by atoms with Crippen LogP contribution < -0.4 is 0 Å². The Labute approximate surface area is 131 Å². The fourth-order valence-corrected chi connectivity index (χ4v) is 1.88. The zero-order valence-electron chi connectivity index (χ0n) is 10.8. The number of carbonyl (C=O) groups excluding carboxylic acids is 2. The number of rotatable bonds is 4. The molecule has 0 spiro atoms. The first-order chi connectivity index (χ1) is 9.69. The third-order valence-electron chi connectivity index (χ3n) is 2.43. The van der Waals surface area contributed by atoms with E-state index in [0.29, 0.717) is 10.9 Å². The van der Waals surface area contributed by atoms with Gasteiger partial charge in [-0.15, -0.1) is 11.6 Å². The molecule has 0 aliphatic carbocycles. The number of alkyl halides is 2. The predicted molar refractivity (Wildman–Crippen MR) is 86.1 cm³/mol. The molecular weight excluding hydrogens is 340 g/mol. The third-order valence-corrected chi connectivity index (χ3v) is 3.19. The molecule has 0 aliphatic heterocycles. The average molecular weight is 354 g/mol. The highest BCUT2D eigenvalue weighted by Crippen LogP contribution is 2.01. The summed E-state index contributed by atoms with van der Waals surface area (Å²) in [5.41, 5.74) is 1.44. The van der Waals surface area contributed by atoms with E-state index in [4.69, 9.17) is 11.6 Å². The maximum absolute atomic E-state index is 11.0. The number of carbonyl (C=O) groups is 2. The van der Waals surface area contributed by atoms with Crippen LogP contribution in [-0.2, 0) is 0 Å². The van der Waals surface area contributed by atoms with Crippen molar-refractivity contribution < 1.29 is 9.59 Å². The maximum atomic E-state index is 11.0. The molecule has 0 unspecified atom stereocenters.